The first-order valence-corrected chi connectivity index (χ1v) is 9.59. The van der Waals surface area contributed by atoms with Crippen molar-refractivity contribution in [3.63, 3.8) is 0 Å². The Morgan fingerprint density at radius 3 is 2.89 bits per heavy atom. The van der Waals surface area contributed by atoms with Crippen LogP contribution in [0.5, 0.6) is 5.75 Å². The Morgan fingerprint density at radius 1 is 1.33 bits per heavy atom. The Bertz CT molecular complexity index is 751. The molecule has 1 aliphatic heterocycles. The molecule has 1 saturated heterocycles. The molecule has 0 saturated carbocycles. The third kappa shape index (κ3) is 4.86. The number of nitrogens with zero attached hydrogens (tertiary/aromatic N) is 4. The third-order valence-electron chi connectivity index (χ3n) is 5.15. The van der Waals surface area contributed by atoms with Gasteiger partial charge >= 0.3 is 0 Å². The van der Waals surface area contributed by atoms with Gasteiger partial charge in [0.1, 0.15) is 5.69 Å². The molecule has 146 valence electrons. The van der Waals surface area contributed by atoms with E-state index in [-0.39, 0.29) is 18.6 Å². The van der Waals surface area contributed by atoms with Gasteiger partial charge in [-0.15, -0.1) is 0 Å². The van der Waals surface area contributed by atoms with Crippen molar-refractivity contribution in [1.29, 1.82) is 0 Å². The largest absolute Gasteiger partial charge is 0.480 e. The average Bonchev–Trinajstić information content (AvgIpc) is 2.87. The van der Waals surface area contributed by atoms with Crippen molar-refractivity contribution in [2.45, 2.75) is 45.7 Å². The number of hydrogen-bond donors (Lipinski definition) is 1. The van der Waals surface area contributed by atoms with Gasteiger partial charge in [0.05, 0.1) is 17.9 Å². The highest BCUT2D eigenvalue weighted by Crippen LogP contribution is 2.22. The van der Waals surface area contributed by atoms with E-state index >= 15 is 0 Å². The van der Waals surface area contributed by atoms with Crippen LogP contribution in [0.25, 0.3) is 0 Å². The van der Waals surface area contributed by atoms with Crippen molar-refractivity contribution in [1.82, 2.24) is 25.0 Å². The molecule has 1 amide bonds. The number of hydrogen-bond acceptors (Lipinski definition) is 5. The number of amides is 1. The Balaban J connectivity index is 1.73. The summed E-state index contributed by atoms with van der Waals surface area (Å²) < 4.78 is 7.66. The Labute approximate surface area is 160 Å². The van der Waals surface area contributed by atoms with E-state index in [0.29, 0.717) is 12.3 Å². The predicted octanol–water partition coefficient (Wildman–Crippen LogP) is 1.98. The molecule has 0 bridgehead atoms. The number of aromatic nitrogens is 3. The second-order valence-corrected chi connectivity index (χ2v) is 7.09. The second kappa shape index (κ2) is 8.99. The zero-order chi connectivity index (χ0) is 19.2. The van der Waals surface area contributed by atoms with Crippen LogP contribution < -0.4 is 10.1 Å². The lowest BCUT2D eigenvalue weighted by Gasteiger charge is -2.31. The van der Waals surface area contributed by atoms with Crippen molar-refractivity contribution < 1.29 is 9.53 Å². The summed E-state index contributed by atoms with van der Waals surface area (Å²) >= 11 is 0. The first-order valence-electron chi connectivity index (χ1n) is 9.59. The molecule has 2 aromatic rings. The molecule has 1 unspecified atom stereocenters. The molecule has 7 heteroatoms. The molecule has 1 atom stereocenters. The Morgan fingerprint density at radius 2 is 2.19 bits per heavy atom. The monoisotopic (exact) mass is 371 g/mol. The summed E-state index contributed by atoms with van der Waals surface area (Å²) in [4.78, 5) is 19.4. The van der Waals surface area contributed by atoms with Gasteiger partial charge in [-0.1, -0.05) is 6.07 Å². The number of nitrogens with one attached hydrogen (secondary N) is 1. The van der Waals surface area contributed by atoms with Crippen LogP contribution in [0, 0.1) is 13.8 Å². The average molecular weight is 371 g/mol. The van der Waals surface area contributed by atoms with Gasteiger partial charge in [-0.2, -0.15) is 5.10 Å². The third-order valence-corrected chi connectivity index (χ3v) is 5.15. The van der Waals surface area contributed by atoms with Crippen LogP contribution in [0.1, 0.15) is 36.3 Å². The zero-order valence-electron chi connectivity index (χ0n) is 16.4. The molecule has 0 spiro atoms. The highest BCUT2D eigenvalue weighted by atomic mass is 16.5. The summed E-state index contributed by atoms with van der Waals surface area (Å²) in [7, 11) is 1.88. The Hall–Kier alpha value is -2.41. The molecule has 1 fully saturated rings. The Kier molecular flexibility index (Phi) is 6.45. The second-order valence-electron chi connectivity index (χ2n) is 7.09. The van der Waals surface area contributed by atoms with Crippen molar-refractivity contribution in [3.8, 4) is 5.75 Å². The molecule has 3 rings (SSSR count). The number of pyridine rings is 1. The van der Waals surface area contributed by atoms with E-state index < -0.39 is 0 Å². The minimum Gasteiger partial charge on any atom is -0.480 e. The molecule has 0 radical (unpaired) electrons. The van der Waals surface area contributed by atoms with E-state index in [4.69, 9.17) is 4.74 Å². The van der Waals surface area contributed by atoms with Gasteiger partial charge in [-0.25, -0.2) is 0 Å². The van der Waals surface area contributed by atoms with Crippen molar-refractivity contribution in [3.05, 3.63) is 41.5 Å². The highest BCUT2D eigenvalue weighted by Gasteiger charge is 2.26. The topological polar surface area (TPSA) is 72.3 Å². The lowest BCUT2D eigenvalue weighted by atomic mass is 10.1. The summed E-state index contributed by atoms with van der Waals surface area (Å²) in [5.74, 6) is 0.696. The van der Waals surface area contributed by atoms with Gasteiger partial charge < -0.3 is 15.0 Å². The van der Waals surface area contributed by atoms with E-state index in [9.17, 15) is 4.79 Å². The van der Waals surface area contributed by atoms with Crippen LogP contribution >= 0.6 is 0 Å². The summed E-state index contributed by atoms with van der Waals surface area (Å²) in [6.07, 6.45) is 4.78. The standard InChI is InChI=1S/C20H29N5O2/c1-15-20(16(2)24(3)23-15)27-14-19(26)25(13-17-7-4-5-11-22-17)18-8-6-10-21-12-9-18/h4-5,7,11,18,21H,6,8-10,12-14H2,1-3H3. The van der Waals surface area contributed by atoms with Crippen LogP contribution in [0.2, 0.25) is 0 Å². The first kappa shape index (κ1) is 19.4. The summed E-state index contributed by atoms with van der Waals surface area (Å²) in [5, 5.41) is 7.77. The molecule has 1 N–H and O–H groups in total. The smallest absolute Gasteiger partial charge is 0.261 e. The summed E-state index contributed by atoms with van der Waals surface area (Å²) in [5.41, 5.74) is 2.63. The van der Waals surface area contributed by atoms with Crippen LogP contribution in [0.4, 0.5) is 0 Å². The fourth-order valence-electron chi connectivity index (χ4n) is 3.58. The number of carbonyl (C=O) groups is 1. The minimum absolute atomic E-state index is 0.00444. The van der Waals surface area contributed by atoms with Crippen molar-refractivity contribution in [2.75, 3.05) is 19.7 Å². The lowest BCUT2D eigenvalue weighted by Crippen LogP contribution is -2.43. The molecular weight excluding hydrogens is 342 g/mol. The maximum atomic E-state index is 13.1. The quantitative estimate of drug-likeness (QED) is 0.841. The van der Waals surface area contributed by atoms with E-state index in [0.717, 1.165) is 49.4 Å². The van der Waals surface area contributed by atoms with Gasteiger partial charge in [-0.05, 0) is 58.3 Å². The van der Waals surface area contributed by atoms with Gasteiger partial charge in [0, 0.05) is 19.3 Å². The molecule has 0 aliphatic carbocycles. The van der Waals surface area contributed by atoms with E-state index in [1.165, 1.54) is 0 Å². The van der Waals surface area contributed by atoms with E-state index in [2.05, 4.69) is 15.4 Å². The number of aryl methyl sites for hydroxylation is 2. The molecule has 2 aromatic heterocycles. The number of rotatable bonds is 6. The maximum absolute atomic E-state index is 13.1. The van der Waals surface area contributed by atoms with Gasteiger partial charge in [0.25, 0.3) is 5.91 Å². The molecule has 3 heterocycles. The van der Waals surface area contributed by atoms with Crippen LogP contribution in [0.3, 0.4) is 0 Å². The van der Waals surface area contributed by atoms with Gasteiger partial charge in [0.2, 0.25) is 0 Å². The number of ether oxygens (including phenoxy) is 1. The molecule has 27 heavy (non-hydrogen) atoms. The minimum atomic E-state index is -0.00444. The maximum Gasteiger partial charge on any atom is 0.261 e. The zero-order valence-corrected chi connectivity index (χ0v) is 16.4. The summed E-state index contributed by atoms with van der Waals surface area (Å²) in [6.45, 7) is 6.31. The first-order chi connectivity index (χ1) is 13.1. The van der Waals surface area contributed by atoms with E-state index in [1.807, 2.05) is 44.0 Å². The summed E-state index contributed by atoms with van der Waals surface area (Å²) in [6, 6.07) is 6.01. The molecule has 7 nitrogen and oxygen atoms in total. The normalized spacial score (nSPS) is 17.4. The SMILES string of the molecule is Cc1nn(C)c(C)c1OCC(=O)N(Cc1ccccn1)C1CCCNCC1. The predicted molar refractivity (Wildman–Crippen MR) is 103 cm³/mol. The fourth-order valence-corrected chi connectivity index (χ4v) is 3.58. The highest BCUT2D eigenvalue weighted by molar-refractivity contribution is 5.78. The van der Waals surface area contributed by atoms with Gasteiger partial charge in [-0.3, -0.25) is 14.5 Å². The van der Waals surface area contributed by atoms with Crippen LogP contribution in [-0.4, -0.2) is 51.3 Å². The van der Waals surface area contributed by atoms with Gasteiger partial charge in [0.15, 0.2) is 12.4 Å². The fraction of sp³-hybridized carbons (Fsp3) is 0.550. The number of carbonyl (C=O) groups excluding carboxylic acids is 1. The molecule has 0 aromatic carbocycles. The van der Waals surface area contributed by atoms with Crippen molar-refractivity contribution >= 4 is 5.91 Å². The molecular formula is C20H29N5O2. The van der Waals surface area contributed by atoms with Crippen LogP contribution in [-0.2, 0) is 18.4 Å². The van der Waals surface area contributed by atoms with Crippen molar-refractivity contribution in [2.24, 2.45) is 7.05 Å². The molecule has 1 aliphatic rings. The van der Waals surface area contributed by atoms with E-state index in [1.54, 1.807) is 10.9 Å². The lowest BCUT2D eigenvalue weighted by molar-refractivity contribution is -0.136. The van der Waals surface area contributed by atoms with Crippen LogP contribution in [0.15, 0.2) is 24.4 Å².